The molecule has 1 aromatic rings. The van der Waals surface area contributed by atoms with Crippen LogP contribution < -0.4 is 20.7 Å². The minimum absolute atomic E-state index is 0.0586. The zero-order chi connectivity index (χ0) is 46.8. The van der Waals surface area contributed by atoms with Crippen molar-refractivity contribution in [3.05, 3.63) is 47.3 Å². The molecule has 2 aliphatic carbocycles. The summed E-state index contributed by atoms with van der Waals surface area (Å²) in [5, 5.41) is 7.32. The van der Waals surface area contributed by atoms with E-state index in [-0.39, 0.29) is 51.7 Å². The fourth-order valence-corrected chi connectivity index (χ4v) is 9.58. The number of rotatable bonds is 10. The number of carbonyl (C=O) groups is 7. The van der Waals surface area contributed by atoms with Crippen molar-refractivity contribution in [3.8, 4) is 0 Å². The number of ether oxygens (including phenoxy) is 3. The number of sulfonamides is 1. The van der Waals surface area contributed by atoms with E-state index in [0.717, 1.165) is 0 Å². The number of amides is 6. The van der Waals surface area contributed by atoms with Crippen LogP contribution >= 0.6 is 0 Å². The third kappa shape index (κ3) is 12.3. The van der Waals surface area contributed by atoms with E-state index in [4.69, 9.17) is 14.2 Å². The van der Waals surface area contributed by atoms with Crippen molar-refractivity contribution < 1.29 is 60.6 Å². The minimum Gasteiger partial charge on any atom is -0.460 e. The lowest BCUT2D eigenvalue weighted by Crippen LogP contribution is -2.59. The minimum atomic E-state index is -3.99. The first-order valence-corrected chi connectivity index (χ1v) is 23.6. The first kappa shape index (κ1) is 48.2. The molecule has 3 heterocycles. The van der Waals surface area contributed by atoms with Crippen LogP contribution in [0.15, 0.2) is 30.4 Å². The van der Waals surface area contributed by atoms with Gasteiger partial charge in [0.25, 0.3) is 5.91 Å². The van der Waals surface area contributed by atoms with Crippen molar-refractivity contribution >= 4 is 51.8 Å². The second-order valence-corrected chi connectivity index (χ2v) is 21.3. The molecule has 64 heavy (non-hydrogen) atoms. The number of hydrogen-bond donors (Lipinski definition) is 4. The summed E-state index contributed by atoms with van der Waals surface area (Å²) >= 11 is 0. The third-order valence-electron chi connectivity index (χ3n) is 11.7. The van der Waals surface area contributed by atoms with Gasteiger partial charge in [-0.3, -0.25) is 33.6 Å². The summed E-state index contributed by atoms with van der Waals surface area (Å²) in [7, 11) is -3.99. The first-order valence-electron chi connectivity index (χ1n) is 22.0. The molecule has 6 rings (SSSR count). The molecule has 4 N–H and O–H groups in total. The number of fused-ring (bicyclic) bond motifs is 3. The van der Waals surface area contributed by atoms with E-state index < -0.39 is 110 Å². The molecule has 2 saturated carbocycles. The molecule has 6 atom stereocenters. The quantitative estimate of drug-likeness (QED) is 0.149. The summed E-state index contributed by atoms with van der Waals surface area (Å²) in [6.07, 6.45) is 3.40. The van der Waals surface area contributed by atoms with Crippen molar-refractivity contribution in [1.29, 1.82) is 0 Å². The Labute approximate surface area is 373 Å². The zero-order valence-electron chi connectivity index (χ0n) is 37.3. The van der Waals surface area contributed by atoms with E-state index in [0.29, 0.717) is 49.7 Å². The predicted molar refractivity (Wildman–Crippen MR) is 227 cm³/mol. The Morgan fingerprint density at radius 2 is 1.69 bits per heavy atom. The number of nitrogens with one attached hydrogen (secondary N) is 4. The van der Waals surface area contributed by atoms with Crippen molar-refractivity contribution in [2.45, 2.75) is 171 Å². The lowest BCUT2D eigenvalue weighted by molar-refractivity contribution is -0.155. The van der Waals surface area contributed by atoms with Crippen molar-refractivity contribution in [3.63, 3.8) is 0 Å². The number of alkyl carbamates (subject to hydrolysis) is 1. The molecule has 1 aromatic carbocycles. The van der Waals surface area contributed by atoms with E-state index >= 15 is 0 Å². The van der Waals surface area contributed by atoms with Gasteiger partial charge < -0.3 is 35.1 Å². The van der Waals surface area contributed by atoms with Gasteiger partial charge in [-0.2, -0.15) is 0 Å². The normalized spacial score (nSPS) is 26.0. The summed E-state index contributed by atoms with van der Waals surface area (Å²) in [5.41, 5.74) is -2.45. The average molecular weight is 917 g/mol. The molecule has 18 nitrogen and oxygen atoms in total. The predicted octanol–water partition coefficient (Wildman–Crippen LogP) is 3.75. The van der Waals surface area contributed by atoms with Crippen LogP contribution in [0.1, 0.15) is 123 Å². The number of allylic oxidation sites excluding steroid dienone is 1. The van der Waals surface area contributed by atoms with Gasteiger partial charge in [0, 0.05) is 30.9 Å². The van der Waals surface area contributed by atoms with Gasteiger partial charge in [0.15, 0.2) is 0 Å². The van der Waals surface area contributed by atoms with Gasteiger partial charge in [0.05, 0.1) is 18.3 Å². The van der Waals surface area contributed by atoms with Crippen LogP contribution in [-0.4, -0.2) is 113 Å². The Morgan fingerprint density at radius 3 is 2.36 bits per heavy atom. The maximum atomic E-state index is 14.8. The van der Waals surface area contributed by atoms with Crippen LogP contribution in [0, 0.1) is 11.7 Å². The van der Waals surface area contributed by atoms with Crippen LogP contribution in [0.4, 0.5) is 14.0 Å². The maximum absolute atomic E-state index is 14.8. The molecule has 3 unspecified atom stereocenters. The number of halogens is 1. The van der Waals surface area contributed by atoms with Crippen LogP contribution in [0.3, 0.4) is 0 Å². The monoisotopic (exact) mass is 916 g/mol. The van der Waals surface area contributed by atoms with Gasteiger partial charge in [0.1, 0.15) is 46.8 Å². The highest BCUT2D eigenvalue weighted by atomic mass is 32.2. The summed E-state index contributed by atoms with van der Waals surface area (Å²) in [4.78, 5) is 99.0. The lowest BCUT2D eigenvalue weighted by Gasteiger charge is -2.31. The second-order valence-electron chi connectivity index (χ2n) is 19.4. The fraction of sp³-hybridized carbons (Fsp3) is 0.659. The maximum Gasteiger partial charge on any atom is 0.410 e. The van der Waals surface area contributed by atoms with Crippen LogP contribution in [-0.2, 0) is 61.3 Å². The molecule has 0 radical (unpaired) electrons. The van der Waals surface area contributed by atoms with Crippen LogP contribution in [0.2, 0.25) is 0 Å². The average Bonchev–Trinajstić information content (AvgIpc) is 4.07. The lowest BCUT2D eigenvalue weighted by atomic mass is 10.0. The van der Waals surface area contributed by atoms with Gasteiger partial charge in [-0.25, -0.2) is 22.4 Å². The smallest absolute Gasteiger partial charge is 0.410 e. The van der Waals surface area contributed by atoms with Gasteiger partial charge in [-0.1, -0.05) is 37.1 Å². The topological polar surface area (TPSA) is 236 Å². The Balaban J connectivity index is 1.27. The number of carbonyl (C=O) groups excluding carboxylic acids is 7. The van der Waals surface area contributed by atoms with E-state index in [1.165, 1.54) is 21.9 Å². The van der Waals surface area contributed by atoms with Crippen molar-refractivity contribution in [1.82, 2.24) is 30.5 Å². The zero-order valence-corrected chi connectivity index (χ0v) is 38.1. The highest BCUT2D eigenvalue weighted by Gasteiger charge is 2.62. The number of hydrogen-bond acceptors (Lipinski definition) is 12. The Morgan fingerprint density at radius 1 is 0.969 bits per heavy atom. The number of esters is 1. The summed E-state index contributed by atoms with van der Waals surface area (Å²) in [6.45, 7) is 9.68. The Bertz CT molecular complexity index is 2150. The van der Waals surface area contributed by atoms with Gasteiger partial charge in [-0.15, -0.1) is 0 Å². The molecular weight excluding hydrogens is 856 g/mol. The van der Waals surface area contributed by atoms with Crippen LogP contribution in [0.25, 0.3) is 0 Å². The van der Waals surface area contributed by atoms with Crippen molar-refractivity contribution in [2.75, 3.05) is 6.54 Å². The van der Waals surface area contributed by atoms with E-state index in [2.05, 4.69) is 20.7 Å². The van der Waals surface area contributed by atoms with E-state index in [1.54, 1.807) is 53.7 Å². The summed E-state index contributed by atoms with van der Waals surface area (Å²) in [6, 6.07) is 0.517. The molecule has 3 aliphatic heterocycles. The van der Waals surface area contributed by atoms with Crippen LogP contribution in [0.5, 0.6) is 0 Å². The van der Waals surface area contributed by atoms with Gasteiger partial charge >= 0.3 is 18.2 Å². The number of nitrogens with zero attached hydrogens (tertiary/aromatic N) is 2. The first-order chi connectivity index (χ1) is 29.9. The van der Waals surface area contributed by atoms with Gasteiger partial charge in [0.2, 0.25) is 27.7 Å². The molecular formula is C44H61FN6O12S. The highest BCUT2D eigenvalue weighted by Crippen LogP contribution is 2.46. The molecule has 5 aliphatic rings. The Hall–Kier alpha value is -5.27. The number of benzene rings is 1. The summed E-state index contributed by atoms with van der Waals surface area (Å²) in [5.74, 6) is -4.88. The fourth-order valence-electron chi connectivity index (χ4n) is 8.22. The molecule has 352 valence electrons. The van der Waals surface area contributed by atoms with Crippen molar-refractivity contribution in [2.24, 2.45) is 5.92 Å². The Kier molecular flexibility index (Phi) is 14.4. The van der Waals surface area contributed by atoms with E-state index in [1.807, 2.05) is 6.08 Å². The molecule has 3 fully saturated rings. The molecule has 0 bridgehead atoms. The highest BCUT2D eigenvalue weighted by molar-refractivity contribution is 7.91. The largest absolute Gasteiger partial charge is 0.460 e. The molecule has 0 spiro atoms. The molecule has 6 amide bonds. The standard InChI is InChI=1S/C44H61FN6O12S/c1-42(2,3)62-35(52)20-19-32(47-40(57)63-43(4,5)6)36(53)46-33-16-11-9-7-8-10-14-27-22-44(27,39(56)49-64(59,60)29-17-18-29)48-37(54)34-21-28(24-51(34)38(33)55)61-41(58)50-23-26-13-12-15-31(45)30(26)25-50/h10,12-15,27-29,32-34H,7-9,11,16-25H2,1-6H3,(H,46,53)(H,47,57)(H,48,54)(H,49,56)/b14-10-/t27?,28-,32+,33+,34?,44?/m1/s1. The third-order valence-corrected chi connectivity index (χ3v) is 13.5. The summed E-state index contributed by atoms with van der Waals surface area (Å²) < 4.78 is 59.2. The second kappa shape index (κ2) is 19.1. The molecule has 20 heteroatoms. The van der Waals surface area contributed by atoms with E-state index in [9.17, 15) is 46.4 Å². The molecule has 1 saturated heterocycles. The SMILES string of the molecule is CC(C)(C)OC(=O)CC[C@H](NC(=O)OC(C)(C)C)C(=O)N[C@H]1CCCCC/C=C\C2CC2(C(=O)NS(=O)(=O)C2CC2)NC(=O)C2C[C@@H](OC(=O)N3Cc4cccc(F)c4C3)CN2C1=O. The van der Waals surface area contributed by atoms with Gasteiger partial charge in [-0.05, 0) is 98.1 Å². The molecule has 0 aromatic heterocycles.